The number of hydrogen-bond donors (Lipinski definition) is 2. The summed E-state index contributed by atoms with van der Waals surface area (Å²) in [7, 11) is 0. The third-order valence-corrected chi connectivity index (χ3v) is 5.98. The van der Waals surface area contributed by atoms with Gasteiger partial charge in [-0.15, -0.1) is 0 Å². The summed E-state index contributed by atoms with van der Waals surface area (Å²) in [6, 6.07) is 15.0. The van der Waals surface area contributed by atoms with Gasteiger partial charge in [-0.25, -0.2) is 22.8 Å². The molecule has 2 heterocycles. The van der Waals surface area contributed by atoms with Crippen molar-refractivity contribution in [3.63, 3.8) is 0 Å². The van der Waals surface area contributed by atoms with Crippen LogP contribution in [-0.4, -0.2) is 35.6 Å². The van der Waals surface area contributed by atoms with Crippen LogP contribution in [0.15, 0.2) is 91.8 Å². The second kappa shape index (κ2) is 11.3. The molecule has 200 valence electrons. The molecule has 1 amide bonds. The van der Waals surface area contributed by atoms with Gasteiger partial charge in [-0.05, 0) is 54.6 Å². The fourth-order valence-corrected chi connectivity index (χ4v) is 4.04. The Bertz CT molecular complexity index is 1690. The van der Waals surface area contributed by atoms with Crippen LogP contribution in [0.2, 0.25) is 0 Å². The molecule has 3 aromatic carbocycles. The highest BCUT2D eigenvalue weighted by atomic mass is 19.1. The first-order valence-electron chi connectivity index (χ1n) is 12.0. The summed E-state index contributed by atoms with van der Waals surface area (Å²) in [5.74, 6) is 3.55. The number of benzene rings is 3. The van der Waals surface area contributed by atoms with E-state index in [4.69, 9.17) is 0 Å². The average Bonchev–Trinajstić information content (AvgIpc) is 3.61. The monoisotopic (exact) mass is 542 g/mol. The van der Waals surface area contributed by atoms with Gasteiger partial charge in [0.2, 0.25) is 0 Å². The Morgan fingerprint density at radius 3 is 2.27 bits per heavy atom. The van der Waals surface area contributed by atoms with Gasteiger partial charge in [0, 0.05) is 34.6 Å². The third-order valence-electron chi connectivity index (χ3n) is 5.98. The molecule has 0 saturated carbocycles. The maximum atomic E-state index is 14.7. The number of nitrogens with one attached hydrogen (secondary N) is 1. The van der Waals surface area contributed by atoms with E-state index in [0.29, 0.717) is 28.4 Å². The summed E-state index contributed by atoms with van der Waals surface area (Å²) in [5.41, 5.74) is 0.107. The number of aliphatic hydroxyl groups is 1. The molecule has 2 aromatic heterocycles. The van der Waals surface area contributed by atoms with Gasteiger partial charge < -0.3 is 10.4 Å². The minimum Gasteiger partial charge on any atom is -0.381 e. The molecule has 2 N–H and O–H groups in total. The van der Waals surface area contributed by atoms with E-state index in [1.807, 2.05) is 0 Å². The van der Waals surface area contributed by atoms with Crippen LogP contribution in [-0.2, 0) is 18.7 Å². The molecule has 0 aliphatic carbocycles. The molecule has 40 heavy (non-hydrogen) atoms. The molecular weight excluding hydrogens is 521 g/mol. The first-order chi connectivity index (χ1) is 19.3. The molecule has 5 rings (SSSR count). The van der Waals surface area contributed by atoms with Crippen LogP contribution in [0.5, 0.6) is 0 Å². The van der Waals surface area contributed by atoms with Gasteiger partial charge in [-0.1, -0.05) is 17.9 Å². The van der Waals surface area contributed by atoms with E-state index in [-0.39, 0.29) is 24.6 Å². The molecule has 5 aromatic rings. The van der Waals surface area contributed by atoms with E-state index >= 15 is 0 Å². The lowest BCUT2D eigenvalue weighted by atomic mass is 9.93. The summed E-state index contributed by atoms with van der Waals surface area (Å²) in [5, 5.41) is 22.4. The first kappa shape index (κ1) is 26.4. The molecule has 8 nitrogen and oxygen atoms in total. The zero-order valence-corrected chi connectivity index (χ0v) is 20.8. The minimum absolute atomic E-state index is 0.115. The van der Waals surface area contributed by atoms with E-state index < -0.39 is 23.1 Å². The van der Waals surface area contributed by atoms with Gasteiger partial charge in [0.15, 0.2) is 0 Å². The Hall–Kier alpha value is -5.21. The lowest BCUT2D eigenvalue weighted by Gasteiger charge is -2.28. The van der Waals surface area contributed by atoms with Crippen LogP contribution in [0.25, 0.3) is 0 Å². The Morgan fingerprint density at radius 1 is 0.875 bits per heavy atom. The van der Waals surface area contributed by atoms with Crippen molar-refractivity contribution in [1.82, 2.24) is 24.5 Å². The van der Waals surface area contributed by atoms with E-state index in [2.05, 4.69) is 32.3 Å². The summed E-state index contributed by atoms with van der Waals surface area (Å²) in [4.78, 5) is 16.3. The quantitative estimate of drug-likeness (QED) is 0.302. The number of carbonyl (C=O) groups excluding carboxylic acids is 1. The molecule has 0 saturated heterocycles. The summed E-state index contributed by atoms with van der Waals surface area (Å²) < 4.78 is 44.0. The number of anilines is 1. The van der Waals surface area contributed by atoms with Crippen molar-refractivity contribution < 1.29 is 23.1 Å². The highest BCUT2D eigenvalue weighted by Crippen LogP contribution is 2.28. The number of amides is 1. The third kappa shape index (κ3) is 6.25. The molecule has 0 radical (unpaired) electrons. The summed E-state index contributed by atoms with van der Waals surface area (Å²) in [6.45, 7) is -0.327. The first-order valence-corrected chi connectivity index (χ1v) is 12.0. The van der Waals surface area contributed by atoms with Gasteiger partial charge in [0.1, 0.15) is 35.7 Å². The van der Waals surface area contributed by atoms with Crippen molar-refractivity contribution in [3.05, 3.63) is 131 Å². The highest BCUT2D eigenvalue weighted by molar-refractivity contribution is 6.04. The Balaban J connectivity index is 1.29. The number of halogens is 3. The summed E-state index contributed by atoms with van der Waals surface area (Å²) in [6.07, 6.45) is 5.75. The van der Waals surface area contributed by atoms with Crippen molar-refractivity contribution in [3.8, 4) is 11.8 Å². The van der Waals surface area contributed by atoms with Gasteiger partial charge in [-0.3, -0.25) is 9.48 Å². The molecule has 0 bridgehead atoms. The lowest BCUT2D eigenvalue weighted by molar-refractivity contribution is -0.00847. The molecule has 0 aliphatic rings. The van der Waals surface area contributed by atoms with Crippen LogP contribution in [0.1, 0.15) is 27.0 Å². The number of aromatic nitrogens is 5. The molecule has 0 fully saturated rings. The SMILES string of the molecule is O=C(Nc1ccc(F)cc1)c1ccc(C#Cc2cnn(CC(O)(Cn3cncn3)c3ccc(F)cc3F)c2)cc1. The molecule has 1 atom stereocenters. The van der Waals surface area contributed by atoms with E-state index in [1.165, 1.54) is 58.5 Å². The van der Waals surface area contributed by atoms with E-state index in [0.717, 1.165) is 6.07 Å². The predicted molar refractivity (Wildman–Crippen MR) is 139 cm³/mol. The van der Waals surface area contributed by atoms with Crippen LogP contribution >= 0.6 is 0 Å². The van der Waals surface area contributed by atoms with Crippen LogP contribution in [0.4, 0.5) is 18.9 Å². The topological polar surface area (TPSA) is 97.9 Å². The molecular formula is C29H21F3N6O2. The molecule has 11 heteroatoms. The summed E-state index contributed by atoms with van der Waals surface area (Å²) >= 11 is 0. The Labute approximate surface area is 226 Å². The van der Waals surface area contributed by atoms with Crippen molar-refractivity contribution in [2.24, 2.45) is 0 Å². The maximum absolute atomic E-state index is 14.7. The van der Waals surface area contributed by atoms with Gasteiger partial charge >= 0.3 is 0 Å². The fourth-order valence-electron chi connectivity index (χ4n) is 4.04. The number of rotatable bonds is 7. The molecule has 0 spiro atoms. The Kier molecular flexibility index (Phi) is 7.43. The second-order valence-electron chi connectivity index (χ2n) is 8.96. The fraction of sp³-hybridized carbons (Fsp3) is 0.103. The average molecular weight is 543 g/mol. The number of carbonyl (C=O) groups is 1. The second-order valence-corrected chi connectivity index (χ2v) is 8.96. The Morgan fingerprint density at radius 2 is 1.57 bits per heavy atom. The lowest BCUT2D eigenvalue weighted by Crippen LogP contribution is -2.37. The van der Waals surface area contributed by atoms with Crippen LogP contribution in [0.3, 0.4) is 0 Å². The largest absolute Gasteiger partial charge is 0.381 e. The molecule has 1 unspecified atom stereocenters. The number of hydrogen-bond acceptors (Lipinski definition) is 5. The maximum Gasteiger partial charge on any atom is 0.255 e. The van der Waals surface area contributed by atoms with E-state index in [9.17, 15) is 23.1 Å². The standard InChI is InChI=1S/C29H21F3N6O2/c30-23-7-10-25(11-8-23)36-28(39)22-5-3-20(4-6-22)1-2-21-14-34-37(15-21)16-29(40,17-38-19-33-18-35-38)26-12-9-24(31)13-27(26)32/h3-15,18-19,40H,16-17H2,(H,36,39). The van der Waals surface area contributed by atoms with Gasteiger partial charge in [-0.2, -0.15) is 10.2 Å². The van der Waals surface area contributed by atoms with Crippen molar-refractivity contribution in [2.75, 3.05) is 5.32 Å². The highest BCUT2D eigenvalue weighted by Gasteiger charge is 2.34. The van der Waals surface area contributed by atoms with Crippen molar-refractivity contribution in [2.45, 2.75) is 18.7 Å². The van der Waals surface area contributed by atoms with Crippen molar-refractivity contribution >= 4 is 11.6 Å². The van der Waals surface area contributed by atoms with Crippen LogP contribution in [0, 0.1) is 29.3 Å². The van der Waals surface area contributed by atoms with Crippen LogP contribution < -0.4 is 5.32 Å². The molecule has 0 aliphatic heterocycles. The van der Waals surface area contributed by atoms with Crippen molar-refractivity contribution in [1.29, 1.82) is 0 Å². The van der Waals surface area contributed by atoms with Gasteiger partial charge in [0.05, 0.1) is 24.8 Å². The van der Waals surface area contributed by atoms with Gasteiger partial charge in [0.25, 0.3) is 5.91 Å². The van der Waals surface area contributed by atoms with E-state index in [1.54, 1.807) is 30.5 Å². The normalized spacial score (nSPS) is 12.3. The number of nitrogens with zero attached hydrogens (tertiary/aromatic N) is 5. The minimum atomic E-state index is -1.83. The zero-order chi connectivity index (χ0) is 28.1. The smallest absolute Gasteiger partial charge is 0.255 e. The predicted octanol–water partition coefficient (Wildman–Crippen LogP) is 4.13. The zero-order valence-electron chi connectivity index (χ0n) is 20.8.